The minimum absolute atomic E-state index is 0.00869. The summed E-state index contributed by atoms with van der Waals surface area (Å²) in [6, 6.07) is 0.00869. The van der Waals surface area contributed by atoms with Crippen LogP contribution in [0.5, 0.6) is 11.9 Å². The molecule has 0 aliphatic carbocycles. The van der Waals surface area contributed by atoms with Gasteiger partial charge >= 0.3 is 6.01 Å². The Morgan fingerprint density at radius 3 is 2.67 bits per heavy atom. The van der Waals surface area contributed by atoms with Crippen LogP contribution in [0.15, 0.2) is 6.33 Å². The molecular weight excluding hydrogens is 406 g/mol. The highest BCUT2D eigenvalue weighted by Crippen LogP contribution is 2.33. The van der Waals surface area contributed by atoms with E-state index in [0.717, 1.165) is 0 Å². The molecule has 1 aliphatic heterocycles. The molecule has 1 aliphatic rings. The highest BCUT2D eigenvalue weighted by molar-refractivity contribution is 5.76. The minimum Gasteiger partial charge on any atom is -0.479 e. The highest BCUT2D eigenvalue weighted by Gasteiger charge is 2.44. The fourth-order valence-electron chi connectivity index (χ4n) is 3.06. The Morgan fingerprint density at radius 1 is 1.23 bits per heavy atom. The Labute approximate surface area is 170 Å². The maximum Gasteiger partial charge on any atom is 0.321 e. The Balaban J connectivity index is 1.70. The molecule has 3 rings (SSSR count). The van der Waals surface area contributed by atoms with Gasteiger partial charge in [-0.15, -0.1) is 10.1 Å². The summed E-state index contributed by atoms with van der Waals surface area (Å²) >= 11 is 0. The van der Waals surface area contributed by atoms with Crippen molar-refractivity contribution >= 4 is 11.2 Å². The molecule has 14 heteroatoms. The zero-order valence-corrected chi connectivity index (χ0v) is 16.2. The lowest BCUT2D eigenvalue weighted by Gasteiger charge is -2.16. The van der Waals surface area contributed by atoms with Crippen molar-refractivity contribution in [3.8, 4) is 11.9 Å². The van der Waals surface area contributed by atoms with E-state index >= 15 is 0 Å². The zero-order valence-electron chi connectivity index (χ0n) is 16.2. The summed E-state index contributed by atoms with van der Waals surface area (Å²) in [6.45, 7) is -0.178. The van der Waals surface area contributed by atoms with Gasteiger partial charge in [0.2, 0.25) is 5.88 Å². The SMILES string of the molecule is COc1nc(OCCCCCO[N+](=O)[O-])nc2c1ncn2[C@@H]1O[C@H](CO)[C@@H](O)[C@H]1O. The maximum absolute atomic E-state index is 10.3. The Bertz CT molecular complexity index is 863. The average molecular weight is 429 g/mol. The minimum atomic E-state index is -1.30. The van der Waals surface area contributed by atoms with Crippen LogP contribution in [0.2, 0.25) is 0 Å². The number of rotatable bonds is 11. The lowest BCUT2D eigenvalue weighted by atomic mass is 10.1. The molecule has 3 heterocycles. The van der Waals surface area contributed by atoms with Crippen LogP contribution in [-0.4, -0.2) is 85.2 Å². The molecule has 3 N–H and O–H groups in total. The van der Waals surface area contributed by atoms with Gasteiger partial charge in [-0.3, -0.25) is 4.57 Å². The number of aliphatic hydroxyl groups excluding tert-OH is 3. The summed E-state index contributed by atoms with van der Waals surface area (Å²) in [6.07, 6.45) is -1.42. The molecule has 4 atom stereocenters. The molecule has 14 nitrogen and oxygen atoms in total. The lowest BCUT2D eigenvalue weighted by Crippen LogP contribution is -2.33. The molecule has 2 aromatic rings. The van der Waals surface area contributed by atoms with E-state index in [1.807, 2.05) is 0 Å². The third-order valence-electron chi connectivity index (χ3n) is 4.57. The molecule has 0 unspecified atom stereocenters. The number of methoxy groups -OCH3 is 1. The van der Waals surface area contributed by atoms with Crippen LogP contribution in [0.25, 0.3) is 11.2 Å². The van der Waals surface area contributed by atoms with Crippen molar-refractivity contribution in [1.82, 2.24) is 19.5 Å². The van der Waals surface area contributed by atoms with Crippen LogP contribution in [0.1, 0.15) is 25.5 Å². The third kappa shape index (κ3) is 4.67. The number of imidazole rings is 1. The van der Waals surface area contributed by atoms with Crippen LogP contribution in [0, 0.1) is 10.1 Å². The normalized spacial score (nSPS) is 23.6. The second-order valence-corrected chi connectivity index (χ2v) is 6.53. The molecule has 0 radical (unpaired) electrons. The second-order valence-electron chi connectivity index (χ2n) is 6.53. The number of fused-ring (bicyclic) bond motifs is 1. The molecule has 1 saturated heterocycles. The number of aliphatic hydroxyl groups is 3. The van der Waals surface area contributed by atoms with Crippen LogP contribution in [0.4, 0.5) is 0 Å². The fraction of sp³-hybridized carbons (Fsp3) is 0.688. The van der Waals surface area contributed by atoms with Gasteiger partial charge < -0.3 is 34.4 Å². The number of hydrogen-bond donors (Lipinski definition) is 3. The van der Waals surface area contributed by atoms with E-state index in [1.54, 1.807) is 0 Å². The van der Waals surface area contributed by atoms with Gasteiger partial charge in [0.1, 0.15) is 18.3 Å². The maximum atomic E-state index is 10.3. The first-order valence-electron chi connectivity index (χ1n) is 9.27. The Hall–Kier alpha value is -2.81. The summed E-state index contributed by atoms with van der Waals surface area (Å²) in [4.78, 5) is 26.9. The number of hydrogen-bond acceptors (Lipinski definition) is 12. The molecule has 0 amide bonds. The summed E-state index contributed by atoms with van der Waals surface area (Å²) in [5, 5.41) is 38.8. The first-order chi connectivity index (χ1) is 14.5. The van der Waals surface area contributed by atoms with Crippen LogP contribution in [0.3, 0.4) is 0 Å². The smallest absolute Gasteiger partial charge is 0.321 e. The van der Waals surface area contributed by atoms with Crippen LogP contribution in [-0.2, 0) is 9.57 Å². The van der Waals surface area contributed by atoms with E-state index in [9.17, 15) is 25.4 Å². The van der Waals surface area contributed by atoms with Gasteiger partial charge in [0.05, 0.1) is 33.3 Å². The predicted molar refractivity (Wildman–Crippen MR) is 97.2 cm³/mol. The molecule has 0 spiro atoms. The molecule has 0 aromatic carbocycles. The van der Waals surface area contributed by atoms with E-state index in [4.69, 9.17) is 14.2 Å². The van der Waals surface area contributed by atoms with Gasteiger partial charge in [-0.1, -0.05) is 0 Å². The third-order valence-corrected chi connectivity index (χ3v) is 4.57. The van der Waals surface area contributed by atoms with E-state index in [2.05, 4.69) is 19.8 Å². The van der Waals surface area contributed by atoms with Gasteiger partial charge in [-0.25, -0.2) is 4.98 Å². The average Bonchev–Trinajstić information content (AvgIpc) is 3.27. The molecule has 2 aromatic heterocycles. The monoisotopic (exact) mass is 429 g/mol. The lowest BCUT2D eigenvalue weighted by molar-refractivity contribution is -0.757. The van der Waals surface area contributed by atoms with E-state index in [-0.39, 0.29) is 30.8 Å². The fourth-order valence-corrected chi connectivity index (χ4v) is 3.06. The molecular formula is C16H23N5O9. The second kappa shape index (κ2) is 9.80. The van der Waals surface area contributed by atoms with Gasteiger partial charge in [0.15, 0.2) is 17.4 Å². The van der Waals surface area contributed by atoms with Gasteiger partial charge in [-0.05, 0) is 19.3 Å². The topological polar surface area (TPSA) is 184 Å². The van der Waals surface area contributed by atoms with Crippen molar-refractivity contribution in [2.24, 2.45) is 0 Å². The quantitative estimate of drug-likeness (QED) is 0.230. The number of unbranched alkanes of at least 4 members (excludes halogenated alkanes) is 2. The van der Waals surface area contributed by atoms with Gasteiger partial charge in [-0.2, -0.15) is 9.97 Å². The first kappa shape index (κ1) is 21.9. The molecule has 166 valence electrons. The number of aromatic nitrogens is 4. The highest BCUT2D eigenvalue weighted by atomic mass is 16.9. The van der Waals surface area contributed by atoms with E-state index < -0.39 is 36.2 Å². The van der Waals surface area contributed by atoms with Crippen molar-refractivity contribution in [3.05, 3.63) is 16.4 Å². The molecule has 1 fully saturated rings. The number of nitrogens with zero attached hydrogens (tertiary/aromatic N) is 5. The van der Waals surface area contributed by atoms with Crippen LogP contribution >= 0.6 is 0 Å². The van der Waals surface area contributed by atoms with Crippen molar-refractivity contribution < 1.29 is 39.5 Å². The summed E-state index contributed by atoms with van der Waals surface area (Å²) in [7, 11) is 1.41. The zero-order chi connectivity index (χ0) is 21.7. The van der Waals surface area contributed by atoms with Crippen molar-refractivity contribution in [2.45, 2.75) is 43.8 Å². The number of ether oxygens (including phenoxy) is 3. The Morgan fingerprint density at radius 2 is 2.00 bits per heavy atom. The van der Waals surface area contributed by atoms with Crippen molar-refractivity contribution in [3.63, 3.8) is 0 Å². The first-order valence-corrected chi connectivity index (χ1v) is 9.27. The van der Waals surface area contributed by atoms with Gasteiger partial charge in [0, 0.05) is 0 Å². The van der Waals surface area contributed by atoms with E-state index in [1.165, 1.54) is 18.0 Å². The summed E-state index contributed by atoms with van der Waals surface area (Å²) in [5.41, 5.74) is 0.561. The summed E-state index contributed by atoms with van der Waals surface area (Å²) in [5.74, 6) is 0.153. The van der Waals surface area contributed by atoms with Crippen LogP contribution < -0.4 is 9.47 Å². The molecule has 0 saturated carbocycles. The largest absolute Gasteiger partial charge is 0.479 e. The van der Waals surface area contributed by atoms with E-state index in [0.29, 0.717) is 24.8 Å². The summed E-state index contributed by atoms with van der Waals surface area (Å²) < 4.78 is 17.7. The van der Waals surface area contributed by atoms with Crippen molar-refractivity contribution in [1.29, 1.82) is 0 Å². The molecule has 30 heavy (non-hydrogen) atoms. The Kier molecular flexibility index (Phi) is 7.15. The van der Waals surface area contributed by atoms with Gasteiger partial charge in [0.25, 0.3) is 5.09 Å². The predicted octanol–water partition coefficient (Wildman–Crippen LogP) is -0.796. The van der Waals surface area contributed by atoms with Crippen molar-refractivity contribution in [2.75, 3.05) is 26.9 Å². The molecule has 0 bridgehead atoms. The standard InChI is InChI=1S/C16H23N5O9/c1-27-14-10-13(18-16(19-14)28-5-3-2-4-6-29-21(25)26)20(8-17-10)15-12(24)11(23)9(7-22)30-15/h8-9,11-12,15,22-24H,2-7H2,1H3/t9-,11-,12-,15-/m1/s1.